The van der Waals surface area contributed by atoms with Gasteiger partial charge in [-0.3, -0.25) is 9.69 Å². The van der Waals surface area contributed by atoms with Crippen molar-refractivity contribution in [3.63, 3.8) is 0 Å². The lowest BCUT2D eigenvalue weighted by molar-refractivity contribution is 0.0776. The molecule has 0 N–H and O–H groups in total. The van der Waals surface area contributed by atoms with E-state index in [1.165, 1.54) is 9.75 Å². The molecule has 3 aromatic rings. The number of aromatic nitrogens is 4. The number of hydrogen-bond donors (Lipinski definition) is 0. The average molecular weight is 465 g/mol. The van der Waals surface area contributed by atoms with Crippen LogP contribution in [0.5, 0.6) is 0 Å². The van der Waals surface area contributed by atoms with Gasteiger partial charge in [0.25, 0.3) is 11.9 Å². The quantitative estimate of drug-likeness (QED) is 0.517. The zero-order valence-corrected chi connectivity index (χ0v) is 20.7. The maximum atomic E-state index is 13.5. The first-order valence-corrected chi connectivity index (χ1v) is 12.8. The Morgan fingerprint density at radius 2 is 2.00 bits per heavy atom. The van der Waals surface area contributed by atoms with E-state index in [9.17, 15) is 4.79 Å². The highest BCUT2D eigenvalue weighted by atomic mass is 32.1. The van der Waals surface area contributed by atoms with Crippen molar-refractivity contribution in [1.29, 1.82) is 0 Å². The number of carbonyl (C=O) groups excluding carboxylic acids is 1. The zero-order valence-electron chi connectivity index (χ0n) is 19.9. The van der Waals surface area contributed by atoms with Crippen LogP contribution in [0.1, 0.15) is 64.8 Å². The van der Waals surface area contributed by atoms with Gasteiger partial charge >= 0.3 is 0 Å². The van der Waals surface area contributed by atoms with Crippen LogP contribution in [0.4, 0.5) is 0 Å². The number of hydrogen-bond acceptors (Lipinski definition) is 6. The third kappa shape index (κ3) is 4.22. The molecule has 7 nitrogen and oxygen atoms in total. The Morgan fingerprint density at radius 3 is 2.67 bits per heavy atom. The molecule has 0 bridgehead atoms. The van der Waals surface area contributed by atoms with Crippen LogP contribution in [-0.2, 0) is 0 Å². The fraction of sp³-hybridized carbons (Fsp3) is 0.520. The average Bonchev–Trinajstić information content (AvgIpc) is 3.21. The first-order valence-electron chi connectivity index (χ1n) is 12.0. The lowest BCUT2D eigenvalue weighted by Gasteiger charge is -2.26. The molecule has 2 fully saturated rings. The van der Waals surface area contributed by atoms with Gasteiger partial charge in [0.2, 0.25) is 0 Å². The second-order valence-electron chi connectivity index (χ2n) is 9.11. The molecule has 8 heteroatoms. The molecule has 0 aromatic carbocycles. The van der Waals surface area contributed by atoms with Gasteiger partial charge in [0.15, 0.2) is 0 Å². The smallest absolute Gasteiger partial charge is 0.257 e. The van der Waals surface area contributed by atoms with Crippen molar-refractivity contribution in [2.45, 2.75) is 58.9 Å². The lowest BCUT2D eigenvalue weighted by Crippen LogP contribution is -2.38. The van der Waals surface area contributed by atoms with Gasteiger partial charge in [-0.2, -0.15) is 5.10 Å². The van der Waals surface area contributed by atoms with E-state index in [0.717, 1.165) is 62.4 Å². The fourth-order valence-corrected chi connectivity index (χ4v) is 5.99. The Morgan fingerprint density at radius 1 is 1.21 bits per heavy atom. The molecule has 5 rings (SSSR count). The van der Waals surface area contributed by atoms with E-state index in [2.05, 4.69) is 48.7 Å². The van der Waals surface area contributed by atoms with Crippen molar-refractivity contribution in [2.75, 3.05) is 26.2 Å². The molecule has 1 amide bonds. The summed E-state index contributed by atoms with van der Waals surface area (Å²) >= 11 is 1.77. The molecule has 174 valence electrons. The van der Waals surface area contributed by atoms with Crippen LogP contribution >= 0.6 is 11.3 Å². The number of nitrogens with zero attached hydrogens (tertiary/aromatic N) is 6. The number of carbonyl (C=O) groups is 1. The molecular formula is C25H32N6OS. The minimum Gasteiger partial charge on any atom is -0.337 e. The molecule has 1 saturated carbocycles. The van der Waals surface area contributed by atoms with E-state index >= 15 is 0 Å². The summed E-state index contributed by atoms with van der Waals surface area (Å²) in [6, 6.07) is 4.56. The molecule has 4 heterocycles. The molecule has 0 radical (unpaired) electrons. The minimum absolute atomic E-state index is 0.0956. The molecular weight excluding hydrogens is 432 g/mol. The van der Waals surface area contributed by atoms with Crippen LogP contribution in [-0.4, -0.2) is 67.7 Å². The summed E-state index contributed by atoms with van der Waals surface area (Å²) < 4.78 is 1.81. The molecule has 1 atom stereocenters. The number of rotatable bonds is 7. The number of likely N-dealkylation sites (tertiary alicyclic amines) is 1. The number of aryl methyl sites for hydroxylation is 2. The summed E-state index contributed by atoms with van der Waals surface area (Å²) in [5.74, 6) is 0.988. The van der Waals surface area contributed by atoms with Gasteiger partial charge in [0.1, 0.15) is 0 Å². The van der Waals surface area contributed by atoms with Crippen molar-refractivity contribution in [1.82, 2.24) is 29.5 Å². The first kappa shape index (κ1) is 22.2. The maximum absolute atomic E-state index is 13.5. The Hall–Kier alpha value is -2.58. The van der Waals surface area contributed by atoms with Gasteiger partial charge < -0.3 is 4.90 Å². The normalized spacial score (nSPS) is 18.5. The number of likely N-dealkylation sites (N-methyl/N-ethyl adjacent to an activating group) is 1. The third-order valence-electron chi connectivity index (χ3n) is 6.93. The standard InChI is InChI=1S/C25H32N6OS/c1-5-29(6-2)19-10-12-30(15-19)24(32)21-14-27-31(23(21)18-7-8-18)25-26-11-9-22(28-25)20-13-16(3)33-17(20)4/h9,11,13-14,18-19H,5-8,10,12,15H2,1-4H3/t19-/m0/s1. The first-order chi connectivity index (χ1) is 16.0. The number of amides is 1. The van der Waals surface area contributed by atoms with Crippen molar-refractivity contribution < 1.29 is 4.79 Å². The van der Waals surface area contributed by atoms with E-state index in [1.54, 1.807) is 28.4 Å². The van der Waals surface area contributed by atoms with Gasteiger partial charge in [0, 0.05) is 46.6 Å². The van der Waals surface area contributed by atoms with Gasteiger partial charge in [-0.25, -0.2) is 14.6 Å². The summed E-state index contributed by atoms with van der Waals surface area (Å²) in [6.45, 7) is 12.2. The minimum atomic E-state index is 0.0956. The predicted molar refractivity (Wildman–Crippen MR) is 131 cm³/mol. The summed E-state index contributed by atoms with van der Waals surface area (Å²) in [6.07, 6.45) is 6.72. The predicted octanol–water partition coefficient (Wildman–Crippen LogP) is 4.44. The van der Waals surface area contributed by atoms with Crippen molar-refractivity contribution in [3.8, 4) is 17.2 Å². The molecule has 1 aliphatic heterocycles. The second kappa shape index (κ2) is 8.99. The molecule has 1 aliphatic carbocycles. The van der Waals surface area contributed by atoms with E-state index in [4.69, 9.17) is 4.98 Å². The monoisotopic (exact) mass is 464 g/mol. The third-order valence-corrected chi connectivity index (χ3v) is 7.90. The van der Waals surface area contributed by atoms with Crippen LogP contribution in [0.3, 0.4) is 0 Å². The molecule has 2 aliphatic rings. The SMILES string of the molecule is CCN(CC)[C@H]1CCN(C(=O)c2cnn(-c3nccc(-c4cc(C)sc4C)n3)c2C2CC2)C1. The van der Waals surface area contributed by atoms with E-state index in [-0.39, 0.29) is 5.91 Å². The van der Waals surface area contributed by atoms with Crippen molar-refractivity contribution in [2.24, 2.45) is 0 Å². The molecule has 33 heavy (non-hydrogen) atoms. The van der Waals surface area contributed by atoms with Gasteiger partial charge in [-0.1, -0.05) is 13.8 Å². The Balaban J connectivity index is 1.45. The Labute approximate surface area is 199 Å². The van der Waals surface area contributed by atoms with E-state index < -0.39 is 0 Å². The van der Waals surface area contributed by atoms with Crippen LogP contribution < -0.4 is 0 Å². The molecule has 3 aromatic heterocycles. The molecule has 1 saturated heterocycles. The van der Waals surface area contributed by atoms with Crippen molar-refractivity contribution in [3.05, 3.63) is 45.5 Å². The second-order valence-corrected chi connectivity index (χ2v) is 10.6. The summed E-state index contributed by atoms with van der Waals surface area (Å²) in [7, 11) is 0. The van der Waals surface area contributed by atoms with Gasteiger partial charge in [-0.05, 0) is 58.3 Å². The largest absolute Gasteiger partial charge is 0.337 e. The maximum Gasteiger partial charge on any atom is 0.257 e. The lowest BCUT2D eigenvalue weighted by atomic mass is 10.1. The fourth-order valence-electron chi connectivity index (χ4n) is 5.05. The summed E-state index contributed by atoms with van der Waals surface area (Å²) in [5.41, 5.74) is 3.72. The van der Waals surface area contributed by atoms with Gasteiger partial charge in [-0.15, -0.1) is 11.3 Å². The highest BCUT2D eigenvalue weighted by Gasteiger charge is 2.37. The zero-order chi connectivity index (χ0) is 23.1. The topological polar surface area (TPSA) is 67.2 Å². The van der Waals surface area contributed by atoms with Crippen LogP contribution in [0, 0.1) is 13.8 Å². The summed E-state index contributed by atoms with van der Waals surface area (Å²) in [5, 5.41) is 4.63. The highest BCUT2D eigenvalue weighted by Crippen LogP contribution is 2.43. The highest BCUT2D eigenvalue weighted by molar-refractivity contribution is 7.12. The number of thiophene rings is 1. The van der Waals surface area contributed by atoms with E-state index in [1.807, 2.05) is 11.0 Å². The van der Waals surface area contributed by atoms with Crippen molar-refractivity contribution >= 4 is 17.2 Å². The van der Waals surface area contributed by atoms with Crippen LogP contribution in [0.15, 0.2) is 24.5 Å². The van der Waals surface area contributed by atoms with Crippen LogP contribution in [0.25, 0.3) is 17.2 Å². The Bertz CT molecular complexity index is 1160. The van der Waals surface area contributed by atoms with E-state index in [0.29, 0.717) is 23.5 Å². The van der Waals surface area contributed by atoms with Gasteiger partial charge in [0.05, 0.1) is 23.1 Å². The van der Waals surface area contributed by atoms with Crippen LogP contribution in [0.2, 0.25) is 0 Å². The molecule has 0 spiro atoms. The molecule has 0 unspecified atom stereocenters. The summed E-state index contributed by atoms with van der Waals surface area (Å²) in [4.78, 5) is 29.9. The Kier molecular flexibility index (Phi) is 6.05.